The first-order chi connectivity index (χ1) is 9.11. The second kappa shape index (κ2) is 6.10. The molecule has 5 heteroatoms. The lowest BCUT2D eigenvalue weighted by atomic mass is 10.0. The molecule has 0 bridgehead atoms. The number of nitrogens with zero attached hydrogens (tertiary/aromatic N) is 2. The van der Waals surface area contributed by atoms with Crippen LogP contribution in [0.2, 0.25) is 0 Å². The van der Waals surface area contributed by atoms with E-state index in [1.165, 1.54) is 0 Å². The van der Waals surface area contributed by atoms with Crippen LogP contribution in [0.4, 0.5) is 5.69 Å². The van der Waals surface area contributed by atoms with Crippen LogP contribution >= 0.6 is 11.8 Å². The third-order valence-corrected chi connectivity index (χ3v) is 4.13. The summed E-state index contributed by atoms with van der Waals surface area (Å²) in [6, 6.07) is 3.84. The molecule has 0 amide bonds. The Bertz CT molecular complexity index is 566. The van der Waals surface area contributed by atoms with Gasteiger partial charge in [-0.2, -0.15) is 16.7 Å². The van der Waals surface area contributed by atoms with Crippen molar-refractivity contribution >= 4 is 17.4 Å². The fourth-order valence-corrected chi connectivity index (χ4v) is 2.57. The Kier molecular flexibility index (Phi) is 4.47. The smallest absolute Gasteiger partial charge is 0.258 e. The molecule has 0 atom stereocenters. The Balaban J connectivity index is 2.23. The highest BCUT2D eigenvalue weighted by Gasteiger charge is 2.13. The molecule has 0 unspecified atom stereocenters. The minimum atomic E-state index is 0.556. The van der Waals surface area contributed by atoms with Gasteiger partial charge in [0.05, 0.1) is 5.75 Å². The fourth-order valence-electron chi connectivity index (χ4n) is 1.84. The summed E-state index contributed by atoms with van der Waals surface area (Å²) in [4.78, 5) is 4.44. The van der Waals surface area contributed by atoms with E-state index in [9.17, 15) is 0 Å². The molecule has 0 fully saturated rings. The number of thioether (sulfide) groups is 1. The molecule has 0 aliphatic rings. The quantitative estimate of drug-likeness (QED) is 0.668. The molecule has 1 aromatic carbocycles. The minimum absolute atomic E-state index is 0.556. The van der Waals surface area contributed by atoms with Crippen LogP contribution in [0.3, 0.4) is 0 Å². The maximum Gasteiger partial charge on any atom is 0.258 e. The van der Waals surface area contributed by atoms with Crippen LogP contribution in [0.5, 0.6) is 0 Å². The number of hydrogen-bond donors (Lipinski definition) is 1. The van der Waals surface area contributed by atoms with Crippen molar-refractivity contribution in [3.05, 3.63) is 29.1 Å². The molecule has 19 heavy (non-hydrogen) atoms. The van der Waals surface area contributed by atoms with Crippen LogP contribution in [0, 0.1) is 13.8 Å². The standard InChI is InChI=1S/C14H19N3OS/c1-4-5-19-8-13-16-14(18-17-13)12-7-11(15)6-9(2)10(12)3/h6-7H,4-5,8,15H2,1-3H3. The first kappa shape index (κ1) is 13.9. The first-order valence-corrected chi connectivity index (χ1v) is 7.54. The van der Waals surface area contributed by atoms with Gasteiger partial charge in [0, 0.05) is 11.3 Å². The lowest BCUT2D eigenvalue weighted by Crippen LogP contribution is -1.93. The van der Waals surface area contributed by atoms with Crippen molar-refractivity contribution in [1.29, 1.82) is 0 Å². The number of hydrogen-bond acceptors (Lipinski definition) is 5. The van der Waals surface area contributed by atoms with E-state index >= 15 is 0 Å². The van der Waals surface area contributed by atoms with Gasteiger partial charge >= 0.3 is 0 Å². The highest BCUT2D eigenvalue weighted by molar-refractivity contribution is 7.98. The van der Waals surface area contributed by atoms with Crippen molar-refractivity contribution in [3.8, 4) is 11.5 Å². The second-order valence-corrected chi connectivity index (χ2v) is 5.68. The van der Waals surface area contributed by atoms with Crippen molar-refractivity contribution in [3.63, 3.8) is 0 Å². The molecule has 0 spiro atoms. The Hall–Kier alpha value is -1.49. The zero-order chi connectivity index (χ0) is 13.8. The summed E-state index contributed by atoms with van der Waals surface area (Å²) in [6.45, 7) is 6.23. The van der Waals surface area contributed by atoms with Gasteiger partial charge < -0.3 is 10.3 Å². The zero-order valence-corrected chi connectivity index (χ0v) is 12.4. The van der Waals surface area contributed by atoms with Crippen LogP contribution in [0.1, 0.15) is 30.3 Å². The molecule has 0 aliphatic carbocycles. The van der Waals surface area contributed by atoms with Crippen LogP contribution < -0.4 is 5.73 Å². The predicted molar refractivity (Wildman–Crippen MR) is 80.1 cm³/mol. The van der Waals surface area contributed by atoms with E-state index in [1.807, 2.05) is 37.7 Å². The zero-order valence-electron chi connectivity index (χ0n) is 11.6. The van der Waals surface area contributed by atoms with Gasteiger partial charge in [-0.05, 0) is 49.3 Å². The summed E-state index contributed by atoms with van der Waals surface area (Å²) >= 11 is 1.82. The Labute approximate surface area is 117 Å². The maximum absolute atomic E-state index is 5.88. The minimum Gasteiger partial charge on any atom is -0.399 e. The summed E-state index contributed by atoms with van der Waals surface area (Å²) in [7, 11) is 0. The SMILES string of the molecule is CCCSCc1noc(-c2cc(N)cc(C)c2C)n1. The maximum atomic E-state index is 5.88. The summed E-state index contributed by atoms with van der Waals surface area (Å²) in [5.41, 5.74) is 9.79. The third-order valence-electron chi connectivity index (χ3n) is 2.97. The molecule has 1 heterocycles. The highest BCUT2D eigenvalue weighted by Crippen LogP contribution is 2.27. The van der Waals surface area contributed by atoms with Crippen molar-refractivity contribution < 1.29 is 4.52 Å². The summed E-state index contributed by atoms with van der Waals surface area (Å²) in [5.74, 6) is 3.20. The molecule has 2 aromatic rings. The van der Waals surface area contributed by atoms with Crippen LogP contribution in [-0.4, -0.2) is 15.9 Å². The van der Waals surface area contributed by atoms with Crippen LogP contribution in [-0.2, 0) is 5.75 Å². The van der Waals surface area contributed by atoms with Crippen LogP contribution in [0.15, 0.2) is 16.7 Å². The Morgan fingerprint density at radius 3 is 2.84 bits per heavy atom. The molecule has 2 N–H and O–H groups in total. The number of anilines is 1. The fraction of sp³-hybridized carbons (Fsp3) is 0.429. The van der Waals surface area contributed by atoms with E-state index < -0.39 is 0 Å². The van der Waals surface area contributed by atoms with Crippen molar-refractivity contribution in [1.82, 2.24) is 10.1 Å². The van der Waals surface area contributed by atoms with Gasteiger partial charge in [-0.25, -0.2) is 0 Å². The average molecular weight is 277 g/mol. The normalized spacial score (nSPS) is 10.9. The van der Waals surface area contributed by atoms with Gasteiger partial charge in [0.1, 0.15) is 0 Å². The van der Waals surface area contributed by atoms with E-state index in [1.54, 1.807) is 0 Å². The summed E-state index contributed by atoms with van der Waals surface area (Å²) in [6.07, 6.45) is 1.16. The molecule has 0 saturated heterocycles. The van der Waals surface area contributed by atoms with E-state index in [4.69, 9.17) is 10.3 Å². The lowest BCUT2D eigenvalue weighted by Gasteiger charge is -2.06. The second-order valence-electron chi connectivity index (χ2n) is 4.58. The topological polar surface area (TPSA) is 64.9 Å². The highest BCUT2D eigenvalue weighted by atomic mass is 32.2. The van der Waals surface area contributed by atoms with Crippen LogP contribution in [0.25, 0.3) is 11.5 Å². The molecule has 2 rings (SSSR count). The molecule has 4 nitrogen and oxygen atoms in total. The largest absolute Gasteiger partial charge is 0.399 e. The predicted octanol–water partition coefficient (Wildman–Crippen LogP) is 3.58. The van der Waals surface area contributed by atoms with Crippen molar-refractivity contribution in [2.24, 2.45) is 0 Å². The number of rotatable bonds is 5. The van der Waals surface area contributed by atoms with E-state index in [0.717, 1.165) is 46.1 Å². The lowest BCUT2D eigenvalue weighted by molar-refractivity contribution is 0.425. The van der Waals surface area contributed by atoms with E-state index in [0.29, 0.717) is 5.89 Å². The van der Waals surface area contributed by atoms with Gasteiger partial charge in [0.25, 0.3) is 5.89 Å². The van der Waals surface area contributed by atoms with Gasteiger partial charge in [-0.15, -0.1) is 0 Å². The van der Waals surface area contributed by atoms with Gasteiger partial charge in [0.2, 0.25) is 0 Å². The number of nitrogen functional groups attached to an aromatic ring is 1. The van der Waals surface area contributed by atoms with E-state index in [2.05, 4.69) is 17.1 Å². The third kappa shape index (κ3) is 3.29. The number of benzene rings is 1. The summed E-state index contributed by atoms with van der Waals surface area (Å²) < 4.78 is 5.34. The van der Waals surface area contributed by atoms with Crippen molar-refractivity contribution in [2.45, 2.75) is 32.9 Å². The molecular weight excluding hydrogens is 258 g/mol. The van der Waals surface area contributed by atoms with E-state index in [-0.39, 0.29) is 0 Å². The monoisotopic (exact) mass is 277 g/mol. The van der Waals surface area contributed by atoms with Crippen molar-refractivity contribution in [2.75, 3.05) is 11.5 Å². The number of aryl methyl sites for hydroxylation is 1. The number of nitrogens with two attached hydrogens (primary N) is 1. The summed E-state index contributed by atoms with van der Waals surface area (Å²) in [5, 5.41) is 4.02. The van der Waals surface area contributed by atoms with Gasteiger partial charge in [-0.3, -0.25) is 0 Å². The molecule has 1 aromatic heterocycles. The molecule has 0 saturated carbocycles. The Morgan fingerprint density at radius 2 is 2.11 bits per heavy atom. The molecule has 0 radical (unpaired) electrons. The molecule has 0 aliphatic heterocycles. The molecule has 102 valence electrons. The van der Waals surface area contributed by atoms with Gasteiger partial charge in [-0.1, -0.05) is 12.1 Å². The van der Waals surface area contributed by atoms with Gasteiger partial charge in [0.15, 0.2) is 5.82 Å². The molecular formula is C14H19N3OS. The Morgan fingerprint density at radius 1 is 1.32 bits per heavy atom. The average Bonchev–Trinajstić information content (AvgIpc) is 2.83. The first-order valence-electron chi connectivity index (χ1n) is 6.39. The number of aromatic nitrogens is 2.